The summed E-state index contributed by atoms with van der Waals surface area (Å²) in [6.07, 6.45) is 10.4. The minimum atomic E-state index is -2.68. The Labute approximate surface area is 194 Å². The molecule has 2 aromatic carbocycles. The fraction of sp³-hybridized carbons (Fsp3) is 0.500. The normalized spacial score (nSPS) is 12.1. The number of unbranched alkanes of at least 4 members (excludes halogenated alkanes) is 3. The molecule has 0 spiro atoms. The van der Waals surface area contributed by atoms with Gasteiger partial charge in [0, 0.05) is 0 Å². The summed E-state index contributed by atoms with van der Waals surface area (Å²) in [6.45, 7) is 7.02. The molecule has 0 heterocycles. The third-order valence-corrected chi connectivity index (χ3v) is 22.2. The van der Waals surface area contributed by atoms with Crippen molar-refractivity contribution in [1.82, 2.24) is 0 Å². The number of methoxy groups -OCH3 is 2. The topological polar surface area (TPSA) is 18.5 Å². The van der Waals surface area contributed by atoms with Crippen LogP contribution < -0.4 is 9.47 Å². The van der Waals surface area contributed by atoms with Gasteiger partial charge in [0.15, 0.2) is 0 Å². The first-order valence-corrected chi connectivity index (χ1v) is 19.6. The van der Waals surface area contributed by atoms with Crippen LogP contribution in [0.3, 0.4) is 0 Å². The van der Waals surface area contributed by atoms with Crippen LogP contribution in [0.4, 0.5) is 0 Å². The van der Waals surface area contributed by atoms with E-state index < -0.39 is 18.4 Å². The molecule has 0 N–H and O–H groups in total. The maximum absolute atomic E-state index is 5.73. The van der Waals surface area contributed by atoms with Gasteiger partial charge in [-0.2, -0.15) is 0 Å². The molecule has 0 fully saturated rings. The van der Waals surface area contributed by atoms with Crippen molar-refractivity contribution >= 4 is 28.0 Å². The molecule has 0 atom stereocenters. The maximum atomic E-state index is 5.73. The Balaban J connectivity index is 2.70. The van der Waals surface area contributed by atoms with E-state index in [1.165, 1.54) is 63.0 Å². The summed E-state index contributed by atoms with van der Waals surface area (Å²) in [4.78, 5) is 0. The van der Waals surface area contributed by atoms with Crippen LogP contribution in [0.15, 0.2) is 48.5 Å². The van der Waals surface area contributed by atoms with Gasteiger partial charge < -0.3 is 0 Å². The number of ether oxygens (including phenoxy) is 2. The quantitative estimate of drug-likeness (QED) is 0.180. The third kappa shape index (κ3) is 7.30. The van der Waals surface area contributed by atoms with Crippen LogP contribution in [0.1, 0.15) is 70.4 Å². The molecule has 0 aliphatic carbocycles. The standard InChI is InChI=1S/C16H15O2.3C4H9.Sn/c1-17-15-11-8-13(9-12-15)7-10-14-5-3-4-6-16(14)18-2;3*1-3-4-2;/h3-6,8-12H,1-2H3;3*1,3-4H2,2H3;. The fourth-order valence-corrected chi connectivity index (χ4v) is 21.4. The molecule has 0 bridgehead atoms. The van der Waals surface area contributed by atoms with Crippen molar-refractivity contribution < 1.29 is 9.47 Å². The molecule has 0 unspecified atom stereocenters. The molecule has 0 aliphatic heterocycles. The van der Waals surface area contributed by atoms with Gasteiger partial charge in [-0.25, -0.2) is 0 Å². The molecule has 2 rings (SSSR count). The van der Waals surface area contributed by atoms with Gasteiger partial charge in [-0.3, -0.25) is 0 Å². The van der Waals surface area contributed by atoms with Gasteiger partial charge >= 0.3 is 195 Å². The monoisotopic (exact) mass is 530 g/mol. The number of rotatable bonds is 14. The first-order chi connectivity index (χ1) is 15.1. The fourth-order valence-electron chi connectivity index (χ4n) is 4.58. The molecule has 170 valence electrons. The van der Waals surface area contributed by atoms with E-state index in [2.05, 4.69) is 75.4 Å². The predicted octanol–water partition coefficient (Wildman–Crippen LogP) is 8.63. The Morgan fingerprint density at radius 2 is 1.29 bits per heavy atom. The average molecular weight is 529 g/mol. The summed E-state index contributed by atoms with van der Waals surface area (Å²) < 4.78 is 17.2. The zero-order chi connectivity index (χ0) is 22.5. The first kappa shape index (κ1) is 25.8. The summed E-state index contributed by atoms with van der Waals surface area (Å²) in [5.74, 6) is 1.90. The van der Waals surface area contributed by atoms with Crippen LogP contribution in [-0.4, -0.2) is 32.6 Å². The van der Waals surface area contributed by atoms with E-state index in [0.717, 1.165) is 11.5 Å². The molecular weight excluding hydrogens is 487 g/mol. The van der Waals surface area contributed by atoms with Crippen molar-refractivity contribution in [1.29, 1.82) is 0 Å². The van der Waals surface area contributed by atoms with Crippen LogP contribution in [-0.2, 0) is 0 Å². The zero-order valence-electron chi connectivity index (χ0n) is 20.4. The second-order valence-corrected chi connectivity index (χ2v) is 21.7. The number of para-hydroxylation sites is 1. The number of hydrogen-bond donors (Lipinski definition) is 0. The van der Waals surface area contributed by atoms with E-state index in [0.29, 0.717) is 0 Å². The van der Waals surface area contributed by atoms with Gasteiger partial charge in [-0.05, 0) is 0 Å². The van der Waals surface area contributed by atoms with Crippen LogP contribution in [0.2, 0.25) is 13.3 Å². The second kappa shape index (κ2) is 13.9. The van der Waals surface area contributed by atoms with Gasteiger partial charge in [0.2, 0.25) is 0 Å². The first-order valence-electron chi connectivity index (χ1n) is 12.1. The summed E-state index contributed by atoms with van der Waals surface area (Å²) in [5, 5.41) is 0. The van der Waals surface area contributed by atoms with E-state index in [4.69, 9.17) is 9.47 Å². The summed E-state index contributed by atoms with van der Waals surface area (Å²) in [7, 11) is 3.52. The Morgan fingerprint density at radius 3 is 1.77 bits per heavy atom. The van der Waals surface area contributed by atoms with Gasteiger partial charge in [0.1, 0.15) is 0 Å². The van der Waals surface area contributed by atoms with Gasteiger partial charge in [0.05, 0.1) is 0 Å². The average Bonchev–Trinajstić information content (AvgIpc) is 2.83. The number of benzene rings is 2. The Kier molecular flexibility index (Phi) is 11.6. The molecule has 0 saturated carbocycles. The van der Waals surface area contributed by atoms with Crippen molar-refractivity contribution in [3.05, 3.63) is 59.7 Å². The third-order valence-electron chi connectivity index (χ3n) is 6.44. The van der Waals surface area contributed by atoms with Crippen molar-refractivity contribution in [2.45, 2.75) is 72.6 Å². The minimum absolute atomic E-state index is 0.928. The van der Waals surface area contributed by atoms with Gasteiger partial charge in [-0.15, -0.1) is 0 Å². The number of hydrogen-bond acceptors (Lipinski definition) is 2. The molecule has 0 radical (unpaired) electrons. The van der Waals surface area contributed by atoms with Crippen LogP contribution in [0, 0.1) is 0 Å². The Hall–Kier alpha value is -1.42. The molecule has 31 heavy (non-hydrogen) atoms. The van der Waals surface area contributed by atoms with E-state index in [1.807, 2.05) is 0 Å². The molecular formula is C28H42O2Sn. The molecule has 0 aromatic heterocycles. The van der Waals surface area contributed by atoms with Crippen molar-refractivity contribution in [2.75, 3.05) is 14.2 Å². The summed E-state index contributed by atoms with van der Waals surface area (Å²) >= 11 is -2.68. The van der Waals surface area contributed by atoms with Crippen LogP contribution in [0.5, 0.6) is 11.5 Å². The van der Waals surface area contributed by atoms with Crippen molar-refractivity contribution in [2.24, 2.45) is 0 Å². The Bertz CT molecular complexity index is 773. The SMILES string of the molecule is CCC[CH2][Sn]([CH2]CCC)([CH2]CCC)/[C](=C/c1ccccc1OC)c1ccc(OC)cc1. The predicted molar refractivity (Wildman–Crippen MR) is 139 cm³/mol. The molecule has 0 aliphatic rings. The zero-order valence-corrected chi connectivity index (χ0v) is 23.2. The van der Waals surface area contributed by atoms with Crippen molar-refractivity contribution in [3.63, 3.8) is 0 Å². The Morgan fingerprint density at radius 1 is 0.742 bits per heavy atom. The van der Waals surface area contributed by atoms with Gasteiger partial charge in [0.25, 0.3) is 0 Å². The van der Waals surface area contributed by atoms with Crippen LogP contribution in [0.25, 0.3) is 9.67 Å². The summed E-state index contributed by atoms with van der Waals surface area (Å²) in [6, 6.07) is 17.3. The van der Waals surface area contributed by atoms with E-state index in [-0.39, 0.29) is 0 Å². The van der Waals surface area contributed by atoms with E-state index >= 15 is 0 Å². The van der Waals surface area contributed by atoms with Crippen molar-refractivity contribution in [3.8, 4) is 11.5 Å². The molecule has 2 aromatic rings. The van der Waals surface area contributed by atoms with E-state index in [9.17, 15) is 0 Å². The molecule has 0 amide bonds. The summed E-state index contributed by atoms with van der Waals surface area (Å²) in [5.41, 5.74) is 2.60. The molecule has 0 saturated heterocycles. The van der Waals surface area contributed by atoms with Crippen LogP contribution >= 0.6 is 0 Å². The van der Waals surface area contributed by atoms with E-state index in [1.54, 1.807) is 17.8 Å². The second-order valence-electron chi connectivity index (χ2n) is 8.62. The molecule has 3 heteroatoms. The van der Waals surface area contributed by atoms with Gasteiger partial charge in [-0.1, -0.05) is 0 Å². The molecule has 2 nitrogen and oxygen atoms in total.